The van der Waals surface area contributed by atoms with E-state index in [2.05, 4.69) is 25.3 Å². The Morgan fingerprint density at radius 1 is 1.22 bits per heavy atom. The van der Waals surface area contributed by atoms with Crippen molar-refractivity contribution in [3.05, 3.63) is 48.0 Å². The molecular formula is C13H13N5. The first-order chi connectivity index (χ1) is 8.83. The van der Waals surface area contributed by atoms with E-state index in [1.54, 1.807) is 6.20 Å². The van der Waals surface area contributed by atoms with Crippen LogP contribution in [0.1, 0.15) is 11.4 Å². The minimum Gasteiger partial charge on any atom is -0.363 e. The van der Waals surface area contributed by atoms with Gasteiger partial charge in [0.05, 0.1) is 17.9 Å². The normalized spacial score (nSPS) is 10.7. The third-order valence-corrected chi connectivity index (χ3v) is 2.72. The number of fused-ring (bicyclic) bond motifs is 1. The highest BCUT2D eigenvalue weighted by molar-refractivity contribution is 5.72. The fourth-order valence-electron chi connectivity index (χ4n) is 1.80. The molecule has 0 aliphatic carbocycles. The monoisotopic (exact) mass is 239 g/mol. The van der Waals surface area contributed by atoms with E-state index in [1.165, 1.54) is 0 Å². The minimum atomic E-state index is 0.645. The van der Waals surface area contributed by atoms with Crippen LogP contribution in [-0.2, 0) is 6.54 Å². The van der Waals surface area contributed by atoms with Gasteiger partial charge >= 0.3 is 0 Å². The number of pyridine rings is 1. The van der Waals surface area contributed by atoms with Gasteiger partial charge in [-0.2, -0.15) is 0 Å². The molecule has 3 aromatic heterocycles. The largest absolute Gasteiger partial charge is 0.363 e. The van der Waals surface area contributed by atoms with E-state index in [9.17, 15) is 0 Å². The molecule has 0 spiro atoms. The Bertz CT molecular complexity index is 659. The number of hydrogen-bond donors (Lipinski definition) is 2. The Morgan fingerprint density at radius 2 is 2.17 bits per heavy atom. The molecule has 0 saturated heterocycles. The Kier molecular flexibility index (Phi) is 2.64. The summed E-state index contributed by atoms with van der Waals surface area (Å²) in [7, 11) is 0. The van der Waals surface area contributed by atoms with Gasteiger partial charge in [-0.05, 0) is 25.1 Å². The molecule has 0 aliphatic rings. The molecular weight excluding hydrogens is 226 g/mol. The highest BCUT2D eigenvalue weighted by Gasteiger charge is 2.05. The molecule has 0 unspecified atom stereocenters. The van der Waals surface area contributed by atoms with Gasteiger partial charge in [-0.15, -0.1) is 0 Å². The molecule has 0 amide bonds. The van der Waals surface area contributed by atoms with Crippen LogP contribution in [0.3, 0.4) is 0 Å². The summed E-state index contributed by atoms with van der Waals surface area (Å²) in [6, 6.07) is 7.76. The summed E-state index contributed by atoms with van der Waals surface area (Å²) in [6.07, 6.45) is 3.62. The van der Waals surface area contributed by atoms with Crippen LogP contribution >= 0.6 is 0 Å². The Hall–Kier alpha value is -2.43. The van der Waals surface area contributed by atoms with Crippen molar-refractivity contribution in [1.29, 1.82) is 0 Å². The number of nitrogens with zero attached hydrogens (tertiary/aromatic N) is 3. The quantitative estimate of drug-likeness (QED) is 0.735. The van der Waals surface area contributed by atoms with Crippen LogP contribution in [0.2, 0.25) is 0 Å². The number of aromatic nitrogens is 4. The van der Waals surface area contributed by atoms with Crippen molar-refractivity contribution >= 4 is 17.0 Å². The summed E-state index contributed by atoms with van der Waals surface area (Å²) in [6.45, 7) is 2.58. The second-order valence-electron chi connectivity index (χ2n) is 4.04. The average Bonchev–Trinajstić information content (AvgIpc) is 2.84. The first-order valence-electron chi connectivity index (χ1n) is 5.78. The molecule has 0 saturated carbocycles. The lowest BCUT2D eigenvalue weighted by molar-refractivity contribution is 1.02. The smallest absolute Gasteiger partial charge is 0.156 e. The number of anilines is 1. The van der Waals surface area contributed by atoms with Gasteiger partial charge in [0.15, 0.2) is 5.65 Å². The number of rotatable bonds is 3. The molecule has 5 heteroatoms. The van der Waals surface area contributed by atoms with Gasteiger partial charge in [0, 0.05) is 12.4 Å². The van der Waals surface area contributed by atoms with E-state index in [0.717, 1.165) is 28.4 Å². The van der Waals surface area contributed by atoms with Crippen molar-refractivity contribution in [2.45, 2.75) is 13.5 Å². The predicted molar refractivity (Wildman–Crippen MR) is 70.2 cm³/mol. The van der Waals surface area contributed by atoms with Crippen molar-refractivity contribution < 1.29 is 0 Å². The standard InChI is InChI=1S/C13H13N5/c1-9-12(16-8-10-4-2-3-6-14-10)18-11-5-7-15-13(11)17-9/h2-7H,8H2,1H3,(H,15,17)(H,16,18). The minimum absolute atomic E-state index is 0.645. The molecule has 3 rings (SSSR count). The summed E-state index contributed by atoms with van der Waals surface area (Å²) in [4.78, 5) is 16.3. The van der Waals surface area contributed by atoms with Crippen molar-refractivity contribution in [1.82, 2.24) is 19.9 Å². The van der Waals surface area contributed by atoms with Crippen molar-refractivity contribution in [2.24, 2.45) is 0 Å². The first-order valence-corrected chi connectivity index (χ1v) is 5.78. The molecule has 2 N–H and O–H groups in total. The molecule has 3 aromatic rings. The molecule has 5 nitrogen and oxygen atoms in total. The van der Waals surface area contributed by atoms with E-state index in [1.807, 2.05) is 37.4 Å². The number of aromatic amines is 1. The highest BCUT2D eigenvalue weighted by atomic mass is 15.0. The lowest BCUT2D eigenvalue weighted by Crippen LogP contribution is -2.05. The Balaban J connectivity index is 1.84. The zero-order valence-corrected chi connectivity index (χ0v) is 10.0. The lowest BCUT2D eigenvalue weighted by Gasteiger charge is -2.07. The van der Waals surface area contributed by atoms with Crippen LogP contribution in [0, 0.1) is 6.92 Å². The zero-order chi connectivity index (χ0) is 12.4. The maximum absolute atomic E-state index is 4.52. The summed E-state index contributed by atoms with van der Waals surface area (Å²) in [5, 5.41) is 3.26. The van der Waals surface area contributed by atoms with Crippen LogP contribution < -0.4 is 5.32 Å². The van der Waals surface area contributed by atoms with Gasteiger partial charge < -0.3 is 10.3 Å². The molecule has 0 bridgehead atoms. The third-order valence-electron chi connectivity index (χ3n) is 2.72. The summed E-state index contributed by atoms with van der Waals surface area (Å²) in [5.41, 5.74) is 3.54. The third kappa shape index (κ3) is 2.02. The van der Waals surface area contributed by atoms with E-state index in [4.69, 9.17) is 0 Å². The highest BCUT2D eigenvalue weighted by Crippen LogP contribution is 2.15. The van der Waals surface area contributed by atoms with Gasteiger partial charge in [0.2, 0.25) is 0 Å². The number of aryl methyl sites for hydroxylation is 1. The molecule has 0 atom stereocenters. The molecule has 18 heavy (non-hydrogen) atoms. The summed E-state index contributed by atoms with van der Waals surface area (Å²) >= 11 is 0. The van der Waals surface area contributed by atoms with Gasteiger partial charge in [-0.1, -0.05) is 6.07 Å². The number of hydrogen-bond acceptors (Lipinski definition) is 4. The molecule has 90 valence electrons. The molecule has 0 radical (unpaired) electrons. The maximum Gasteiger partial charge on any atom is 0.156 e. The first kappa shape index (κ1) is 10.7. The van der Waals surface area contributed by atoms with Crippen LogP contribution in [0.4, 0.5) is 5.82 Å². The van der Waals surface area contributed by atoms with Crippen molar-refractivity contribution in [3.8, 4) is 0 Å². The second-order valence-corrected chi connectivity index (χ2v) is 4.04. The van der Waals surface area contributed by atoms with Gasteiger partial charge in [-0.3, -0.25) is 4.98 Å². The predicted octanol–water partition coefficient (Wildman–Crippen LogP) is 2.27. The van der Waals surface area contributed by atoms with Crippen LogP contribution in [-0.4, -0.2) is 19.9 Å². The Labute approximate surface area is 104 Å². The molecule has 0 aliphatic heterocycles. The van der Waals surface area contributed by atoms with Crippen LogP contribution in [0.25, 0.3) is 11.2 Å². The van der Waals surface area contributed by atoms with Crippen LogP contribution in [0.5, 0.6) is 0 Å². The zero-order valence-electron chi connectivity index (χ0n) is 10.0. The van der Waals surface area contributed by atoms with E-state index in [-0.39, 0.29) is 0 Å². The van der Waals surface area contributed by atoms with E-state index in [0.29, 0.717) is 6.54 Å². The van der Waals surface area contributed by atoms with E-state index >= 15 is 0 Å². The Morgan fingerprint density at radius 3 is 3.00 bits per heavy atom. The topological polar surface area (TPSA) is 66.5 Å². The fourth-order valence-corrected chi connectivity index (χ4v) is 1.80. The summed E-state index contributed by atoms with van der Waals surface area (Å²) < 4.78 is 0. The molecule has 0 aromatic carbocycles. The SMILES string of the molecule is Cc1nc2[nH]ccc2nc1NCc1ccccn1. The van der Waals surface area contributed by atoms with Crippen LogP contribution in [0.15, 0.2) is 36.7 Å². The molecule has 3 heterocycles. The number of H-pyrrole nitrogens is 1. The maximum atomic E-state index is 4.52. The molecule has 0 fully saturated rings. The van der Waals surface area contributed by atoms with Gasteiger partial charge in [-0.25, -0.2) is 9.97 Å². The second kappa shape index (κ2) is 4.44. The van der Waals surface area contributed by atoms with Crippen molar-refractivity contribution in [2.75, 3.05) is 5.32 Å². The lowest BCUT2D eigenvalue weighted by atomic mass is 10.3. The summed E-state index contributed by atoms with van der Waals surface area (Å²) in [5.74, 6) is 0.799. The van der Waals surface area contributed by atoms with Gasteiger partial charge in [0.1, 0.15) is 11.3 Å². The fraction of sp³-hybridized carbons (Fsp3) is 0.154. The van der Waals surface area contributed by atoms with Crippen molar-refractivity contribution in [3.63, 3.8) is 0 Å². The van der Waals surface area contributed by atoms with E-state index < -0.39 is 0 Å². The average molecular weight is 239 g/mol. The number of nitrogens with one attached hydrogen (secondary N) is 2. The van der Waals surface area contributed by atoms with Gasteiger partial charge in [0.25, 0.3) is 0 Å².